The topological polar surface area (TPSA) is 375 Å². The number of nitrogens with zero attached hydrogens (tertiary/aromatic N) is 2. The molecule has 0 saturated carbocycles. The Balaban J connectivity index is 1.41. The molecular formula is C63H109N4O27S3+. The third kappa shape index (κ3) is 44.7. The quantitative estimate of drug-likeness (QED) is 0.0350. The second-order valence-corrected chi connectivity index (χ2v) is 27.1. The van der Waals surface area contributed by atoms with E-state index < -0.39 is 53.7 Å². The fourth-order valence-electron chi connectivity index (χ4n) is 9.24. The van der Waals surface area contributed by atoms with Crippen molar-refractivity contribution in [3.05, 3.63) is 59.9 Å². The number of sulfonamides is 2. The highest BCUT2D eigenvalue weighted by Crippen LogP contribution is 2.42. The van der Waals surface area contributed by atoms with Gasteiger partial charge in [0.2, 0.25) is 20.0 Å². The van der Waals surface area contributed by atoms with Gasteiger partial charge >= 0.3 is 5.97 Å². The molecule has 0 aliphatic heterocycles. The Morgan fingerprint density at radius 2 is 0.804 bits per heavy atom. The fourth-order valence-corrected chi connectivity index (χ4v) is 11.8. The number of carboxylic acids is 1. The van der Waals surface area contributed by atoms with E-state index in [1.54, 1.807) is 67.4 Å². The third-order valence-corrected chi connectivity index (χ3v) is 17.9. The molecule has 1 unspecified atom stereocenters. The number of ketones is 1. The van der Waals surface area contributed by atoms with E-state index in [0.29, 0.717) is 182 Å². The standard InChI is InChI=1S/C63H108N4O27S3/c1-79-24-26-83-32-34-87-40-42-91-48-50-93-46-44-89-38-36-85-30-28-81-22-16-64-95(72,73)52-4-19-67(20-5-53-96(74,75)65-17-23-82-29-31-86-37-39-90-45-47-94-51-49-92-43-41-88-35-33-84-27-25-80-2)58-14-10-56(11-15-58)61-62(70)60(63(61)71)55-8-12-57(13-9-55)66(18-3-7-59(68)69)21-6-54-97(76,77)78/h8-15,55,60,64-65H,3-7,16-54H2,1-2H3,(H2-,68,69,70,71,76,77,78)/p+1. The highest BCUT2D eigenvalue weighted by Gasteiger charge is 2.44. The van der Waals surface area contributed by atoms with Crippen LogP contribution in [-0.4, -0.2) is 331 Å². The zero-order chi connectivity index (χ0) is 70.3. The lowest BCUT2D eigenvalue weighted by Crippen LogP contribution is -2.36. The molecule has 560 valence electrons. The maximum absolute atomic E-state index is 13.7. The van der Waals surface area contributed by atoms with E-state index in [-0.39, 0.29) is 133 Å². The van der Waals surface area contributed by atoms with E-state index >= 15 is 0 Å². The number of methoxy groups -OCH3 is 2. The van der Waals surface area contributed by atoms with Gasteiger partial charge in [0.25, 0.3) is 10.1 Å². The number of anilines is 1. The molecule has 1 aromatic carbocycles. The summed E-state index contributed by atoms with van der Waals surface area (Å²) in [6.45, 7) is 13.1. The van der Waals surface area contributed by atoms with Crippen LogP contribution in [0.3, 0.4) is 0 Å². The Bertz CT molecular complexity index is 2600. The zero-order valence-corrected chi connectivity index (χ0v) is 59.1. The van der Waals surface area contributed by atoms with Gasteiger partial charge in [-0.2, -0.15) is 8.42 Å². The van der Waals surface area contributed by atoms with Crippen LogP contribution in [0.4, 0.5) is 5.69 Å². The molecule has 0 aromatic heterocycles. The zero-order valence-electron chi connectivity index (χ0n) is 56.6. The highest BCUT2D eigenvalue weighted by molar-refractivity contribution is 7.89. The summed E-state index contributed by atoms with van der Waals surface area (Å²) in [5.41, 5.74) is 1.86. The first-order chi connectivity index (χ1) is 47.0. The average molecular weight is 1450 g/mol. The number of nitrogens with one attached hydrogen (secondary N) is 2. The van der Waals surface area contributed by atoms with Gasteiger partial charge in [0.05, 0.1) is 233 Å². The van der Waals surface area contributed by atoms with Crippen LogP contribution in [0.1, 0.15) is 37.7 Å². The van der Waals surface area contributed by atoms with Crippen LogP contribution in [0, 0.1) is 11.8 Å². The lowest BCUT2D eigenvalue weighted by atomic mass is 9.71. The van der Waals surface area contributed by atoms with E-state index in [2.05, 4.69) is 9.44 Å². The average Bonchev–Trinajstić information content (AvgIpc) is 0.761. The Hall–Kier alpha value is -4.06. The molecule has 2 aliphatic rings. The molecule has 97 heavy (non-hydrogen) atoms. The van der Waals surface area contributed by atoms with Crippen LogP contribution in [-0.2, 0) is 116 Å². The molecule has 0 amide bonds. The smallest absolute Gasteiger partial charge is 0.303 e. The molecule has 2 aliphatic carbocycles. The Labute approximate surface area is 573 Å². The minimum absolute atomic E-state index is 0.0350. The van der Waals surface area contributed by atoms with E-state index in [9.17, 15) is 44.5 Å². The van der Waals surface area contributed by atoms with Gasteiger partial charge in [-0.1, -0.05) is 24.3 Å². The van der Waals surface area contributed by atoms with E-state index in [1.165, 1.54) is 0 Å². The lowest BCUT2D eigenvalue weighted by Gasteiger charge is -2.32. The largest absolute Gasteiger partial charge is 0.511 e. The molecule has 31 nitrogen and oxygen atoms in total. The summed E-state index contributed by atoms with van der Waals surface area (Å²) in [6, 6.07) is 6.77. The first-order valence-corrected chi connectivity index (χ1v) is 37.9. The molecule has 0 fully saturated rings. The van der Waals surface area contributed by atoms with Crippen molar-refractivity contribution in [1.29, 1.82) is 0 Å². The molecule has 1 aromatic rings. The van der Waals surface area contributed by atoms with Crippen molar-refractivity contribution in [2.75, 3.05) is 274 Å². The number of carboxylic acid groups (broad SMARTS) is 1. The summed E-state index contributed by atoms with van der Waals surface area (Å²) in [6.07, 6.45) is 7.58. The van der Waals surface area contributed by atoms with Crippen molar-refractivity contribution in [1.82, 2.24) is 9.44 Å². The summed E-state index contributed by atoms with van der Waals surface area (Å²) in [4.78, 5) is 26.8. The second kappa shape index (κ2) is 55.6. The third-order valence-electron chi connectivity index (χ3n) is 14.1. The van der Waals surface area contributed by atoms with Gasteiger partial charge in [-0.25, -0.2) is 30.9 Å². The highest BCUT2D eigenvalue weighted by atomic mass is 32.2. The molecular weight excluding hydrogens is 1340 g/mol. The number of aliphatic hydroxyl groups excluding tert-OH is 1. The van der Waals surface area contributed by atoms with Crippen molar-refractivity contribution in [2.45, 2.75) is 32.1 Å². The molecule has 0 saturated heterocycles. The summed E-state index contributed by atoms with van der Waals surface area (Å²) < 4.78 is 178. The van der Waals surface area contributed by atoms with Gasteiger partial charge in [0.15, 0.2) is 11.5 Å². The van der Waals surface area contributed by atoms with Gasteiger partial charge in [-0.15, -0.1) is 0 Å². The van der Waals surface area contributed by atoms with Gasteiger partial charge in [-0.05, 0) is 30.5 Å². The fraction of sp³-hybridized carbons (Fsp3) is 0.762. The molecule has 0 radical (unpaired) electrons. The van der Waals surface area contributed by atoms with Crippen LogP contribution in [0.15, 0.2) is 54.3 Å². The van der Waals surface area contributed by atoms with Crippen molar-refractivity contribution in [2.24, 2.45) is 11.8 Å². The molecule has 1 atom stereocenters. The van der Waals surface area contributed by atoms with Gasteiger partial charge in [0, 0.05) is 77.0 Å². The lowest BCUT2D eigenvalue weighted by molar-refractivity contribution is -0.526. The maximum Gasteiger partial charge on any atom is 0.303 e. The van der Waals surface area contributed by atoms with E-state index in [1.807, 2.05) is 4.90 Å². The van der Waals surface area contributed by atoms with Gasteiger partial charge in [0.1, 0.15) is 18.8 Å². The summed E-state index contributed by atoms with van der Waals surface area (Å²) in [7, 11) is -8.44. The molecule has 0 bridgehead atoms. The van der Waals surface area contributed by atoms with Crippen molar-refractivity contribution >= 4 is 58.9 Å². The minimum Gasteiger partial charge on any atom is -0.511 e. The minimum atomic E-state index is -4.20. The number of allylic oxidation sites excluding steroid dienone is 6. The summed E-state index contributed by atoms with van der Waals surface area (Å²) >= 11 is 0. The van der Waals surface area contributed by atoms with Crippen molar-refractivity contribution < 1.29 is 130 Å². The monoisotopic (exact) mass is 1450 g/mol. The normalized spacial score (nSPS) is 15.1. The van der Waals surface area contributed by atoms with E-state index in [4.69, 9.17) is 80.9 Å². The molecule has 3 rings (SSSR count). The Kier molecular flexibility index (Phi) is 50.0. The van der Waals surface area contributed by atoms with Gasteiger partial charge in [-0.3, -0.25) is 14.1 Å². The van der Waals surface area contributed by atoms with Crippen LogP contribution in [0.25, 0.3) is 5.57 Å². The van der Waals surface area contributed by atoms with Crippen molar-refractivity contribution in [3.8, 4) is 0 Å². The number of benzene rings is 1. The van der Waals surface area contributed by atoms with Crippen LogP contribution in [0.5, 0.6) is 0 Å². The Morgan fingerprint density at radius 1 is 0.474 bits per heavy atom. The van der Waals surface area contributed by atoms with Crippen LogP contribution in [0.2, 0.25) is 0 Å². The first kappa shape index (κ1) is 87.2. The predicted octanol–water partition coefficient (Wildman–Crippen LogP) is 1.44. The number of hydrogen-bond acceptors (Lipinski definition) is 26. The van der Waals surface area contributed by atoms with Crippen LogP contribution < -0.4 is 14.3 Å². The summed E-state index contributed by atoms with van der Waals surface area (Å²) in [5.74, 6) is -3.71. The number of rotatable bonds is 69. The second-order valence-electron chi connectivity index (χ2n) is 21.7. The Morgan fingerprint density at radius 3 is 1.12 bits per heavy atom. The predicted molar refractivity (Wildman–Crippen MR) is 359 cm³/mol. The SMILES string of the molecule is COCCOCCOCCOCCOCCOCCOCCOCCNS(=O)(=O)CCCN(CCCS(=O)(=O)NCCOCCOCCOCCOCCOCCOCCOCCOC)c1ccc(C2=C(O)C(C3C=CC(=[N+](CCCC(=O)O)CCCS(=O)(=O)O)C=C3)C2=O)cc1. The number of aliphatic carboxylic acids is 1. The molecule has 34 heteroatoms. The maximum atomic E-state index is 13.7. The number of ether oxygens (including phenoxy) is 16. The van der Waals surface area contributed by atoms with Gasteiger partial charge < -0.3 is 90.9 Å². The number of hydrogen-bond donors (Lipinski definition) is 5. The number of carbonyl (C=O) groups excluding carboxylic acids is 1. The molecule has 5 N–H and O–H groups in total. The first-order valence-electron chi connectivity index (χ1n) is 33.0. The number of aliphatic hydroxyl groups is 1. The van der Waals surface area contributed by atoms with Crippen LogP contribution >= 0.6 is 0 Å². The molecule has 0 spiro atoms. The van der Waals surface area contributed by atoms with E-state index in [0.717, 1.165) is 0 Å². The number of carbonyl (C=O) groups is 2. The summed E-state index contributed by atoms with van der Waals surface area (Å²) in [5, 5.41) is 20.5. The molecule has 0 heterocycles. The number of Topliss-reactive ketones (excluding diaryl/α,β-unsaturated/α-hetero) is 1. The van der Waals surface area contributed by atoms with Crippen molar-refractivity contribution in [3.63, 3.8) is 0 Å².